The zero-order chi connectivity index (χ0) is 23.4. The minimum absolute atomic E-state index is 0.0874. The third-order valence-corrected chi connectivity index (χ3v) is 6.24. The molecule has 0 bridgehead atoms. The third kappa shape index (κ3) is 5.72. The maximum Gasteiger partial charge on any atom is 0.253 e. The van der Waals surface area contributed by atoms with Crippen LogP contribution in [-0.4, -0.2) is 40.9 Å². The van der Waals surface area contributed by atoms with E-state index in [1.54, 1.807) is 0 Å². The first-order chi connectivity index (χ1) is 15.9. The van der Waals surface area contributed by atoms with E-state index in [1.165, 1.54) is 5.56 Å². The molecule has 7 heteroatoms. The molecule has 0 unspecified atom stereocenters. The number of hydrogen-bond donors (Lipinski definition) is 2. The Bertz CT molecular complexity index is 1180. The Hall–Kier alpha value is -2.90. The number of anilines is 1. The Labute approximate surface area is 199 Å². The number of nitrogens with zero attached hydrogens (tertiary/aromatic N) is 1. The molecule has 0 aliphatic carbocycles. The van der Waals surface area contributed by atoms with Gasteiger partial charge >= 0.3 is 0 Å². The van der Waals surface area contributed by atoms with Crippen molar-refractivity contribution in [3.8, 4) is 5.75 Å². The Balaban J connectivity index is 1.58. The lowest BCUT2D eigenvalue weighted by Gasteiger charge is -2.28. The monoisotopic (exact) mass is 465 g/mol. The highest BCUT2D eigenvalue weighted by molar-refractivity contribution is 7.80. The average Bonchev–Trinajstić information content (AvgIpc) is 3.29. The quantitative estimate of drug-likeness (QED) is 0.483. The van der Waals surface area contributed by atoms with E-state index in [-0.39, 0.29) is 11.7 Å². The van der Waals surface area contributed by atoms with Gasteiger partial charge in [-0.3, -0.25) is 4.79 Å². The summed E-state index contributed by atoms with van der Waals surface area (Å²) in [7, 11) is 0. The molecule has 0 saturated carbocycles. The molecule has 1 aliphatic rings. The van der Waals surface area contributed by atoms with Gasteiger partial charge in [0.25, 0.3) is 5.56 Å². The molecule has 3 aromatic rings. The van der Waals surface area contributed by atoms with Gasteiger partial charge in [-0.15, -0.1) is 0 Å². The van der Waals surface area contributed by atoms with Gasteiger partial charge in [-0.05, 0) is 93.2 Å². The highest BCUT2D eigenvalue weighted by Crippen LogP contribution is 2.21. The van der Waals surface area contributed by atoms with Crippen LogP contribution in [0.25, 0.3) is 10.9 Å². The molecule has 1 aromatic heterocycles. The zero-order valence-electron chi connectivity index (χ0n) is 19.4. The van der Waals surface area contributed by atoms with Crippen LogP contribution in [0.1, 0.15) is 36.5 Å². The van der Waals surface area contributed by atoms with Gasteiger partial charge in [0.2, 0.25) is 0 Å². The van der Waals surface area contributed by atoms with E-state index in [9.17, 15) is 4.79 Å². The largest absolute Gasteiger partial charge is 0.494 e. The van der Waals surface area contributed by atoms with E-state index >= 15 is 0 Å². The van der Waals surface area contributed by atoms with Crippen molar-refractivity contribution in [1.29, 1.82) is 0 Å². The second-order valence-electron chi connectivity index (χ2n) is 8.57. The highest BCUT2D eigenvalue weighted by Gasteiger charge is 2.22. The first-order valence-corrected chi connectivity index (χ1v) is 11.9. The molecule has 6 nitrogen and oxygen atoms in total. The van der Waals surface area contributed by atoms with E-state index in [0.29, 0.717) is 30.4 Å². The summed E-state index contributed by atoms with van der Waals surface area (Å²) in [6.45, 7) is 8.48. The molecule has 1 atom stereocenters. The van der Waals surface area contributed by atoms with Crippen molar-refractivity contribution in [3.63, 3.8) is 0 Å². The predicted octanol–water partition coefficient (Wildman–Crippen LogP) is 4.92. The van der Waals surface area contributed by atoms with Gasteiger partial charge in [0.15, 0.2) is 5.11 Å². The molecular formula is C26H31N3O3S. The van der Waals surface area contributed by atoms with Crippen LogP contribution in [0.15, 0.2) is 47.3 Å². The van der Waals surface area contributed by atoms with Crippen molar-refractivity contribution in [3.05, 3.63) is 69.5 Å². The minimum Gasteiger partial charge on any atom is -0.494 e. The fraction of sp³-hybridized carbons (Fsp3) is 0.385. The van der Waals surface area contributed by atoms with Crippen molar-refractivity contribution >= 4 is 33.9 Å². The maximum atomic E-state index is 12.9. The smallest absolute Gasteiger partial charge is 0.253 e. The van der Waals surface area contributed by atoms with Crippen LogP contribution in [0.4, 0.5) is 5.69 Å². The number of nitrogens with one attached hydrogen (secondary N) is 2. The van der Waals surface area contributed by atoms with Gasteiger partial charge in [0.1, 0.15) is 5.75 Å². The minimum atomic E-state index is -0.0874. The number of rotatable bonds is 7. The third-order valence-electron chi connectivity index (χ3n) is 5.88. The first-order valence-electron chi connectivity index (χ1n) is 11.5. The summed E-state index contributed by atoms with van der Waals surface area (Å²) in [4.78, 5) is 18.0. The number of H-pyrrole nitrogens is 1. The topological polar surface area (TPSA) is 66.6 Å². The molecule has 1 aliphatic heterocycles. The van der Waals surface area contributed by atoms with Gasteiger partial charge < -0.3 is 24.7 Å². The normalized spacial score (nSPS) is 15.5. The molecule has 0 radical (unpaired) electrons. The van der Waals surface area contributed by atoms with Gasteiger partial charge in [-0.1, -0.05) is 11.6 Å². The Kier molecular flexibility index (Phi) is 7.30. The Morgan fingerprint density at radius 1 is 1.24 bits per heavy atom. The van der Waals surface area contributed by atoms with Crippen LogP contribution in [0.2, 0.25) is 0 Å². The molecule has 1 saturated heterocycles. The zero-order valence-corrected chi connectivity index (χ0v) is 20.3. The summed E-state index contributed by atoms with van der Waals surface area (Å²) >= 11 is 5.77. The maximum absolute atomic E-state index is 12.9. The Morgan fingerprint density at radius 3 is 2.73 bits per heavy atom. The fourth-order valence-electron chi connectivity index (χ4n) is 4.31. The molecule has 4 rings (SSSR count). The number of aromatic amines is 1. The molecule has 0 spiro atoms. The Morgan fingerprint density at radius 2 is 2.03 bits per heavy atom. The van der Waals surface area contributed by atoms with E-state index < -0.39 is 0 Å². The molecule has 1 fully saturated rings. The number of benzene rings is 2. The number of ether oxygens (including phenoxy) is 2. The summed E-state index contributed by atoms with van der Waals surface area (Å²) in [5, 5.41) is 4.91. The number of aromatic nitrogens is 1. The van der Waals surface area contributed by atoms with Gasteiger partial charge in [-0.2, -0.15) is 0 Å². The molecule has 2 aromatic carbocycles. The lowest BCUT2D eigenvalue weighted by atomic mass is 10.1. The number of pyridine rings is 1. The highest BCUT2D eigenvalue weighted by atomic mass is 32.1. The molecule has 33 heavy (non-hydrogen) atoms. The molecule has 0 amide bonds. The van der Waals surface area contributed by atoms with Crippen molar-refractivity contribution in [2.75, 3.05) is 25.1 Å². The number of thiocarbonyl (C=S) groups is 1. The summed E-state index contributed by atoms with van der Waals surface area (Å²) in [5.74, 6) is 0.818. The number of hydrogen-bond acceptors (Lipinski definition) is 4. The number of aryl methyl sites for hydroxylation is 2. The van der Waals surface area contributed by atoms with Crippen molar-refractivity contribution in [2.45, 2.75) is 46.3 Å². The average molecular weight is 466 g/mol. The molecule has 174 valence electrons. The SMILES string of the molecule is CCOc1ccc(NC(=S)N(Cc2cc3cc(C)cc(C)c3[nH]c2=O)C[C@@H]2CCCO2)cc1. The van der Waals surface area contributed by atoms with Crippen LogP contribution in [0.3, 0.4) is 0 Å². The summed E-state index contributed by atoms with van der Waals surface area (Å²) in [5.41, 5.74) is 4.59. The van der Waals surface area contributed by atoms with Crippen molar-refractivity contribution < 1.29 is 9.47 Å². The number of fused-ring (bicyclic) bond motifs is 1. The predicted molar refractivity (Wildman–Crippen MR) is 137 cm³/mol. The second kappa shape index (κ2) is 10.4. The molecular weight excluding hydrogens is 434 g/mol. The summed E-state index contributed by atoms with van der Waals surface area (Å²) in [6.07, 6.45) is 2.15. The lowest BCUT2D eigenvalue weighted by Crippen LogP contribution is -2.40. The van der Waals surface area contributed by atoms with Crippen LogP contribution < -0.4 is 15.6 Å². The summed E-state index contributed by atoms with van der Waals surface area (Å²) in [6, 6.07) is 13.9. The molecule has 2 heterocycles. The van der Waals surface area contributed by atoms with Crippen LogP contribution >= 0.6 is 12.2 Å². The second-order valence-corrected chi connectivity index (χ2v) is 8.96. The van der Waals surface area contributed by atoms with Crippen molar-refractivity contribution in [1.82, 2.24) is 9.88 Å². The van der Waals surface area contributed by atoms with E-state index in [2.05, 4.69) is 29.4 Å². The van der Waals surface area contributed by atoms with Crippen LogP contribution in [0.5, 0.6) is 5.75 Å². The van der Waals surface area contributed by atoms with Gasteiger partial charge in [0, 0.05) is 24.4 Å². The van der Waals surface area contributed by atoms with E-state index in [4.69, 9.17) is 21.7 Å². The van der Waals surface area contributed by atoms with Crippen LogP contribution in [0, 0.1) is 13.8 Å². The van der Waals surface area contributed by atoms with Gasteiger partial charge in [-0.25, -0.2) is 0 Å². The fourth-order valence-corrected chi connectivity index (χ4v) is 4.57. The molecule has 2 N–H and O–H groups in total. The first kappa shape index (κ1) is 23.3. The van der Waals surface area contributed by atoms with E-state index in [1.807, 2.05) is 49.1 Å². The summed E-state index contributed by atoms with van der Waals surface area (Å²) < 4.78 is 11.4. The van der Waals surface area contributed by atoms with Gasteiger partial charge in [0.05, 0.1) is 24.8 Å². The van der Waals surface area contributed by atoms with Crippen molar-refractivity contribution in [2.24, 2.45) is 0 Å². The standard InChI is InChI=1S/C26H31N3O3S/c1-4-31-22-9-7-21(8-10-22)27-26(33)29(16-23-6-5-11-32-23)15-20-14-19-13-17(2)12-18(3)24(19)28-25(20)30/h7-10,12-14,23H,4-6,11,15-16H2,1-3H3,(H,27,33)(H,28,30)/t23-/m0/s1. The lowest BCUT2D eigenvalue weighted by molar-refractivity contribution is 0.0904. The van der Waals surface area contributed by atoms with E-state index in [0.717, 1.165) is 47.4 Å². The van der Waals surface area contributed by atoms with Crippen LogP contribution in [-0.2, 0) is 11.3 Å².